The van der Waals surface area contributed by atoms with Crippen molar-refractivity contribution < 1.29 is 9.59 Å². The molecule has 1 aromatic carbocycles. The fraction of sp³-hybridized carbons (Fsp3) is 0.318. The molecule has 1 aliphatic carbocycles. The van der Waals surface area contributed by atoms with Gasteiger partial charge in [-0.05, 0) is 42.5 Å². The molecule has 3 aliphatic rings. The molecular formula is C22H23ClN8O2. The molecule has 0 unspecified atom stereocenters. The molecule has 2 aromatic rings. The third-order valence-electron chi connectivity index (χ3n) is 6.31. The van der Waals surface area contributed by atoms with Crippen LogP contribution in [0.3, 0.4) is 0 Å². The number of piperidine rings is 1. The number of anilines is 2. The molecule has 5 rings (SSSR count). The van der Waals surface area contributed by atoms with Gasteiger partial charge in [-0.1, -0.05) is 29.8 Å². The molecule has 1 fully saturated rings. The number of guanidine groups is 1. The Morgan fingerprint density at radius 1 is 1.15 bits per heavy atom. The second kappa shape index (κ2) is 8.04. The summed E-state index contributed by atoms with van der Waals surface area (Å²) < 4.78 is 0. The van der Waals surface area contributed by atoms with Gasteiger partial charge in [-0.3, -0.25) is 19.9 Å². The molecular weight excluding hydrogens is 444 g/mol. The molecule has 1 aromatic heterocycles. The van der Waals surface area contributed by atoms with Crippen LogP contribution < -0.4 is 22.1 Å². The number of aliphatic imine (C=N–C) groups is 1. The fourth-order valence-electron chi connectivity index (χ4n) is 4.39. The van der Waals surface area contributed by atoms with E-state index in [-0.39, 0.29) is 33.9 Å². The monoisotopic (exact) mass is 466 g/mol. The molecule has 0 bridgehead atoms. The Balaban J connectivity index is 1.19. The second-order valence-corrected chi connectivity index (χ2v) is 8.83. The number of halogens is 1. The molecule has 0 saturated carbocycles. The minimum atomic E-state index is -0.580. The number of nitrogens with zero attached hydrogens (tertiary/aromatic N) is 4. The summed E-state index contributed by atoms with van der Waals surface area (Å²) in [7, 11) is 0. The molecule has 0 atom stereocenters. The number of carbonyl (C=O) groups is 2. The third kappa shape index (κ3) is 3.97. The first-order valence-electron chi connectivity index (χ1n) is 10.6. The van der Waals surface area contributed by atoms with Crippen molar-refractivity contribution >= 4 is 47.1 Å². The van der Waals surface area contributed by atoms with E-state index < -0.39 is 5.91 Å². The van der Waals surface area contributed by atoms with Gasteiger partial charge >= 0.3 is 0 Å². The minimum absolute atomic E-state index is 0.0367. The van der Waals surface area contributed by atoms with Crippen LogP contribution in [0.5, 0.6) is 0 Å². The quantitative estimate of drug-likeness (QED) is 0.519. The van der Waals surface area contributed by atoms with E-state index in [1.54, 1.807) is 0 Å². The number of amides is 2. The number of allylic oxidation sites excluding steroid dienone is 1. The molecule has 6 N–H and O–H groups in total. The van der Waals surface area contributed by atoms with Crippen molar-refractivity contribution in [3.8, 4) is 0 Å². The average Bonchev–Trinajstić information content (AvgIpc) is 3.43. The Bertz CT molecular complexity index is 1220. The van der Waals surface area contributed by atoms with Gasteiger partial charge in [0.25, 0.3) is 11.8 Å². The Kier molecular flexibility index (Phi) is 5.16. The lowest BCUT2D eigenvalue weighted by molar-refractivity contribution is 0.0668. The molecule has 1 spiro atoms. The van der Waals surface area contributed by atoms with Crippen molar-refractivity contribution in [1.82, 2.24) is 25.5 Å². The summed E-state index contributed by atoms with van der Waals surface area (Å²) in [4.78, 5) is 39.6. The van der Waals surface area contributed by atoms with Gasteiger partial charge in [0.05, 0.1) is 12.1 Å². The highest BCUT2D eigenvalue weighted by molar-refractivity contribution is 6.31. The SMILES string of the molecule is Nc1nc(N)c(C(=O)NC2=NCC3(CCN(C(=O)c4ccc5c(c4)C=CC5)CC3)N2)nc1Cl. The van der Waals surface area contributed by atoms with Crippen molar-refractivity contribution in [2.75, 3.05) is 31.1 Å². The summed E-state index contributed by atoms with van der Waals surface area (Å²) in [6, 6.07) is 5.90. The summed E-state index contributed by atoms with van der Waals surface area (Å²) in [5.41, 5.74) is 14.0. The summed E-state index contributed by atoms with van der Waals surface area (Å²) in [5, 5.41) is 5.88. The van der Waals surface area contributed by atoms with Crippen molar-refractivity contribution in [2.45, 2.75) is 24.8 Å². The van der Waals surface area contributed by atoms with Crippen LogP contribution in [0.25, 0.3) is 6.08 Å². The van der Waals surface area contributed by atoms with E-state index in [0.29, 0.717) is 44.0 Å². The fourth-order valence-corrected chi connectivity index (χ4v) is 4.52. The lowest BCUT2D eigenvalue weighted by Gasteiger charge is -2.39. The zero-order valence-corrected chi connectivity index (χ0v) is 18.5. The van der Waals surface area contributed by atoms with E-state index in [4.69, 9.17) is 23.1 Å². The first-order valence-corrected chi connectivity index (χ1v) is 11.0. The summed E-state index contributed by atoms with van der Waals surface area (Å²) in [5.74, 6) is -0.368. The number of nitrogens with one attached hydrogen (secondary N) is 2. The standard InChI is InChI=1S/C22H23ClN8O2/c23-16-18(25)28-17(24)15(27-16)19(32)29-21-26-11-22(30-21)6-8-31(9-7-22)20(33)14-5-4-12-2-1-3-13(12)10-14/h1,3-5,10H,2,6-9,11H2,(H4,24,25,28)(H2,26,29,30,32). The number of nitrogen functional groups attached to an aromatic ring is 2. The molecule has 10 nitrogen and oxygen atoms in total. The molecule has 2 amide bonds. The largest absolute Gasteiger partial charge is 0.382 e. The normalized spacial score (nSPS) is 18.1. The van der Waals surface area contributed by atoms with E-state index in [0.717, 1.165) is 12.0 Å². The number of benzene rings is 1. The number of nitrogens with two attached hydrogens (primary N) is 2. The van der Waals surface area contributed by atoms with Crippen LogP contribution in [0.15, 0.2) is 29.3 Å². The van der Waals surface area contributed by atoms with Crippen LogP contribution in [0, 0.1) is 0 Å². The highest BCUT2D eigenvalue weighted by Crippen LogP contribution is 2.28. The Hall–Kier alpha value is -3.66. The highest BCUT2D eigenvalue weighted by atomic mass is 35.5. The number of aromatic nitrogens is 2. The maximum absolute atomic E-state index is 13.0. The van der Waals surface area contributed by atoms with E-state index in [1.165, 1.54) is 5.56 Å². The summed E-state index contributed by atoms with van der Waals surface area (Å²) in [6.07, 6.45) is 6.51. The zero-order valence-electron chi connectivity index (χ0n) is 17.8. The molecule has 170 valence electrons. The number of hydrogen-bond donors (Lipinski definition) is 4. The molecule has 33 heavy (non-hydrogen) atoms. The minimum Gasteiger partial charge on any atom is -0.382 e. The van der Waals surface area contributed by atoms with Crippen LogP contribution in [0.4, 0.5) is 11.6 Å². The summed E-state index contributed by atoms with van der Waals surface area (Å²) >= 11 is 5.86. The first kappa shape index (κ1) is 21.2. The Morgan fingerprint density at radius 3 is 2.73 bits per heavy atom. The van der Waals surface area contributed by atoms with Gasteiger partial charge in [-0.25, -0.2) is 9.97 Å². The zero-order chi connectivity index (χ0) is 23.2. The van der Waals surface area contributed by atoms with Crippen LogP contribution in [-0.4, -0.2) is 57.8 Å². The molecule has 2 aliphatic heterocycles. The van der Waals surface area contributed by atoms with Gasteiger partial charge in [0, 0.05) is 18.7 Å². The second-order valence-electron chi connectivity index (χ2n) is 8.47. The van der Waals surface area contributed by atoms with Crippen LogP contribution in [0.1, 0.15) is 44.8 Å². The summed E-state index contributed by atoms with van der Waals surface area (Å²) in [6.45, 7) is 1.70. The third-order valence-corrected chi connectivity index (χ3v) is 6.59. The predicted molar refractivity (Wildman–Crippen MR) is 126 cm³/mol. The number of fused-ring (bicyclic) bond motifs is 1. The van der Waals surface area contributed by atoms with E-state index >= 15 is 0 Å². The number of carbonyl (C=O) groups excluding carboxylic acids is 2. The lowest BCUT2D eigenvalue weighted by Crippen LogP contribution is -2.57. The number of rotatable bonds is 2. The van der Waals surface area contributed by atoms with Gasteiger partial charge < -0.3 is 21.7 Å². The van der Waals surface area contributed by atoms with Crippen LogP contribution >= 0.6 is 11.6 Å². The molecule has 0 radical (unpaired) electrons. The van der Waals surface area contributed by atoms with Gasteiger partial charge in [0.15, 0.2) is 28.4 Å². The van der Waals surface area contributed by atoms with Crippen LogP contribution in [0.2, 0.25) is 5.15 Å². The van der Waals surface area contributed by atoms with Crippen molar-refractivity contribution in [3.05, 3.63) is 51.8 Å². The van der Waals surface area contributed by atoms with E-state index in [2.05, 4.69) is 37.7 Å². The first-order chi connectivity index (χ1) is 15.8. The number of hydrogen-bond acceptors (Lipinski definition) is 8. The number of likely N-dealkylation sites (tertiary alicyclic amines) is 1. The smallest absolute Gasteiger partial charge is 0.280 e. The van der Waals surface area contributed by atoms with Gasteiger partial charge in [0.2, 0.25) is 0 Å². The Labute approximate surface area is 195 Å². The predicted octanol–water partition coefficient (Wildman–Crippen LogP) is 1.23. The van der Waals surface area contributed by atoms with Gasteiger partial charge in [-0.2, -0.15) is 0 Å². The Morgan fingerprint density at radius 2 is 1.94 bits per heavy atom. The van der Waals surface area contributed by atoms with E-state index in [9.17, 15) is 9.59 Å². The van der Waals surface area contributed by atoms with Crippen molar-refractivity contribution in [3.63, 3.8) is 0 Å². The lowest BCUT2D eigenvalue weighted by atomic mass is 9.88. The molecule has 1 saturated heterocycles. The van der Waals surface area contributed by atoms with E-state index in [1.807, 2.05) is 23.1 Å². The van der Waals surface area contributed by atoms with Gasteiger partial charge in [0.1, 0.15) is 0 Å². The molecule has 11 heteroatoms. The van der Waals surface area contributed by atoms with Crippen molar-refractivity contribution in [2.24, 2.45) is 4.99 Å². The molecule has 3 heterocycles. The topological polar surface area (TPSA) is 152 Å². The maximum atomic E-state index is 13.0. The van der Waals surface area contributed by atoms with Crippen LogP contribution in [-0.2, 0) is 6.42 Å². The average molecular weight is 467 g/mol. The highest BCUT2D eigenvalue weighted by Gasteiger charge is 2.40. The maximum Gasteiger partial charge on any atom is 0.280 e. The van der Waals surface area contributed by atoms with Gasteiger partial charge in [-0.15, -0.1) is 0 Å². The van der Waals surface area contributed by atoms with Crippen molar-refractivity contribution in [1.29, 1.82) is 0 Å².